The Hall–Kier alpha value is -0.520. The number of rotatable bonds is 7. The lowest BCUT2D eigenvalue weighted by Crippen LogP contribution is -2.39. The Labute approximate surface area is 100 Å². The highest BCUT2D eigenvalue weighted by molar-refractivity contribution is 4.87. The number of terminal acetylenes is 1. The molecule has 1 heterocycles. The van der Waals surface area contributed by atoms with Crippen molar-refractivity contribution in [1.82, 2.24) is 5.32 Å². The van der Waals surface area contributed by atoms with Crippen LogP contribution in [0.4, 0.5) is 0 Å². The fourth-order valence-corrected chi connectivity index (χ4v) is 2.50. The number of hydrogen-bond acceptors (Lipinski definition) is 2. The second kappa shape index (κ2) is 7.70. The lowest BCUT2D eigenvalue weighted by Gasteiger charge is -2.26. The first-order chi connectivity index (χ1) is 7.79. The van der Waals surface area contributed by atoms with Gasteiger partial charge in [-0.2, -0.15) is 0 Å². The van der Waals surface area contributed by atoms with Crippen LogP contribution in [0.3, 0.4) is 0 Å². The number of nitrogens with one attached hydrogen (secondary N) is 1. The maximum absolute atomic E-state index is 5.65. The maximum atomic E-state index is 5.65. The van der Waals surface area contributed by atoms with Crippen LogP contribution in [0.15, 0.2) is 0 Å². The predicted molar refractivity (Wildman–Crippen MR) is 68.3 cm³/mol. The van der Waals surface area contributed by atoms with E-state index in [1.807, 2.05) is 0 Å². The number of unbranched alkanes of at least 4 members (excludes halogenated alkanes) is 1. The molecule has 0 spiro atoms. The standard InChI is InChI=1S/C14H25NO/c1-4-6-7-8-14(15-10-5-2)13-9-11-16-12(13)3/h1,12-15H,5-11H2,2-3H3. The van der Waals surface area contributed by atoms with Crippen LogP contribution >= 0.6 is 0 Å². The Kier molecular flexibility index (Phi) is 6.52. The molecule has 1 aliphatic rings. The molecule has 3 unspecified atom stereocenters. The zero-order chi connectivity index (χ0) is 11.8. The third-order valence-corrected chi connectivity index (χ3v) is 3.44. The van der Waals surface area contributed by atoms with E-state index >= 15 is 0 Å². The minimum atomic E-state index is 0.403. The topological polar surface area (TPSA) is 21.3 Å². The molecule has 0 radical (unpaired) electrons. The molecule has 1 saturated heterocycles. The van der Waals surface area contributed by atoms with E-state index in [4.69, 9.17) is 11.2 Å². The molecule has 2 heteroatoms. The quantitative estimate of drug-likeness (QED) is 0.529. The third kappa shape index (κ3) is 4.15. The molecule has 0 saturated carbocycles. The summed E-state index contributed by atoms with van der Waals surface area (Å²) in [6.07, 6.45) is 11.3. The number of ether oxygens (including phenoxy) is 1. The summed E-state index contributed by atoms with van der Waals surface area (Å²) in [6, 6.07) is 0.589. The lowest BCUT2D eigenvalue weighted by molar-refractivity contribution is 0.0941. The summed E-state index contributed by atoms with van der Waals surface area (Å²) in [7, 11) is 0. The van der Waals surface area contributed by atoms with Gasteiger partial charge in [0.25, 0.3) is 0 Å². The summed E-state index contributed by atoms with van der Waals surface area (Å²) < 4.78 is 5.65. The average Bonchev–Trinajstić information content (AvgIpc) is 2.70. The SMILES string of the molecule is C#CCCCC(NCCC)C1CCOC1C. The van der Waals surface area contributed by atoms with Crippen LogP contribution in [0.5, 0.6) is 0 Å². The molecule has 0 bridgehead atoms. The van der Waals surface area contributed by atoms with E-state index in [0.717, 1.165) is 26.0 Å². The molecule has 92 valence electrons. The second-order valence-corrected chi connectivity index (χ2v) is 4.69. The molecular weight excluding hydrogens is 198 g/mol. The van der Waals surface area contributed by atoms with Crippen LogP contribution in [0, 0.1) is 18.3 Å². The first-order valence-electron chi connectivity index (χ1n) is 6.58. The molecule has 3 atom stereocenters. The van der Waals surface area contributed by atoms with Crippen LogP contribution in [0.25, 0.3) is 0 Å². The largest absolute Gasteiger partial charge is 0.378 e. The lowest BCUT2D eigenvalue weighted by atomic mass is 9.90. The summed E-state index contributed by atoms with van der Waals surface area (Å²) in [5, 5.41) is 3.65. The van der Waals surface area contributed by atoms with Crippen molar-refractivity contribution in [3.8, 4) is 12.3 Å². The molecule has 1 aliphatic heterocycles. The van der Waals surface area contributed by atoms with Gasteiger partial charge in [0, 0.05) is 25.0 Å². The van der Waals surface area contributed by atoms with Crippen LogP contribution in [0.2, 0.25) is 0 Å². The van der Waals surface area contributed by atoms with Gasteiger partial charge in [0.2, 0.25) is 0 Å². The summed E-state index contributed by atoms with van der Waals surface area (Å²) >= 11 is 0. The summed E-state index contributed by atoms with van der Waals surface area (Å²) in [5.74, 6) is 3.39. The summed E-state index contributed by atoms with van der Waals surface area (Å²) in [5.41, 5.74) is 0. The van der Waals surface area contributed by atoms with Gasteiger partial charge in [-0.25, -0.2) is 0 Å². The van der Waals surface area contributed by atoms with Gasteiger partial charge in [0.15, 0.2) is 0 Å². The maximum Gasteiger partial charge on any atom is 0.0590 e. The fourth-order valence-electron chi connectivity index (χ4n) is 2.50. The molecule has 0 aromatic heterocycles. The van der Waals surface area contributed by atoms with Crippen LogP contribution in [0.1, 0.15) is 46.0 Å². The Bertz CT molecular complexity index is 221. The van der Waals surface area contributed by atoms with Crippen molar-refractivity contribution in [1.29, 1.82) is 0 Å². The van der Waals surface area contributed by atoms with E-state index in [1.165, 1.54) is 19.3 Å². The van der Waals surface area contributed by atoms with Gasteiger partial charge in [-0.05, 0) is 39.2 Å². The summed E-state index contributed by atoms with van der Waals surface area (Å²) in [4.78, 5) is 0. The Morgan fingerprint density at radius 2 is 2.38 bits per heavy atom. The van der Waals surface area contributed by atoms with Crippen LogP contribution < -0.4 is 5.32 Å². The first-order valence-corrected chi connectivity index (χ1v) is 6.58. The highest BCUT2D eigenvalue weighted by Gasteiger charge is 2.30. The van der Waals surface area contributed by atoms with Gasteiger partial charge in [-0.3, -0.25) is 0 Å². The van der Waals surface area contributed by atoms with E-state index in [-0.39, 0.29) is 0 Å². The van der Waals surface area contributed by atoms with E-state index in [1.54, 1.807) is 0 Å². The molecule has 1 fully saturated rings. The minimum absolute atomic E-state index is 0.403. The molecular formula is C14H25NO. The van der Waals surface area contributed by atoms with Gasteiger partial charge < -0.3 is 10.1 Å². The zero-order valence-corrected chi connectivity index (χ0v) is 10.7. The Morgan fingerprint density at radius 1 is 1.56 bits per heavy atom. The molecule has 1 N–H and O–H groups in total. The van der Waals surface area contributed by atoms with Crippen LogP contribution in [-0.2, 0) is 4.74 Å². The molecule has 0 amide bonds. The summed E-state index contributed by atoms with van der Waals surface area (Å²) in [6.45, 7) is 6.43. The molecule has 0 aromatic carbocycles. The van der Waals surface area contributed by atoms with Crippen molar-refractivity contribution in [2.75, 3.05) is 13.2 Å². The van der Waals surface area contributed by atoms with Crippen molar-refractivity contribution >= 4 is 0 Å². The van der Waals surface area contributed by atoms with E-state index in [9.17, 15) is 0 Å². The van der Waals surface area contributed by atoms with Gasteiger partial charge in [-0.1, -0.05) is 6.92 Å². The van der Waals surface area contributed by atoms with E-state index < -0.39 is 0 Å². The zero-order valence-electron chi connectivity index (χ0n) is 10.7. The highest BCUT2D eigenvalue weighted by Crippen LogP contribution is 2.26. The van der Waals surface area contributed by atoms with Gasteiger partial charge in [0.05, 0.1) is 6.10 Å². The highest BCUT2D eigenvalue weighted by atomic mass is 16.5. The molecule has 1 rings (SSSR count). The number of hydrogen-bond donors (Lipinski definition) is 1. The van der Waals surface area contributed by atoms with Crippen molar-refractivity contribution in [3.63, 3.8) is 0 Å². The Balaban J connectivity index is 2.39. The van der Waals surface area contributed by atoms with E-state index in [2.05, 4.69) is 25.1 Å². The van der Waals surface area contributed by atoms with Gasteiger partial charge in [0.1, 0.15) is 0 Å². The normalized spacial score (nSPS) is 26.6. The van der Waals surface area contributed by atoms with Crippen molar-refractivity contribution in [2.24, 2.45) is 5.92 Å². The van der Waals surface area contributed by atoms with E-state index in [0.29, 0.717) is 18.1 Å². The minimum Gasteiger partial charge on any atom is -0.378 e. The molecule has 2 nitrogen and oxygen atoms in total. The smallest absolute Gasteiger partial charge is 0.0590 e. The van der Waals surface area contributed by atoms with Crippen molar-refractivity contribution in [2.45, 2.75) is 58.1 Å². The van der Waals surface area contributed by atoms with Crippen LogP contribution in [-0.4, -0.2) is 25.3 Å². The fraction of sp³-hybridized carbons (Fsp3) is 0.857. The monoisotopic (exact) mass is 223 g/mol. The predicted octanol–water partition coefficient (Wildman–Crippen LogP) is 2.58. The van der Waals surface area contributed by atoms with Gasteiger partial charge in [-0.15, -0.1) is 12.3 Å². The van der Waals surface area contributed by atoms with Gasteiger partial charge >= 0.3 is 0 Å². The molecule has 0 aliphatic carbocycles. The second-order valence-electron chi connectivity index (χ2n) is 4.69. The Morgan fingerprint density at radius 3 is 2.94 bits per heavy atom. The first kappa shape index (κ1) is 13.5. The average molecular weight is 223 g/mol. The third-order valence-electron chi connectivity index (χ3n) is 3.44. The molecule has 16 heavy (non-hydrogen) atoms. The van der Waals surface area contributed by atoms with Crippen molar-refractivity contribution < 1.29 is 4.74 Å². The molecule has 0 aromatic rings. The van der Waals surface area contributed by atoms with Crippen molar-refractivity contribution in [3.05, 3.63) is 0 Å².